The predicted molar refractivity (Wildman–Crippen MR) is 70.2 cm³/mol. The first-order chi connectivity index (χ1) is 9.56. The van der Waals surface area contributed by atoms with Crippen LogP contribution in [-0.2, 0) is 0 Å². The molecule has 0 saturated heterocycles. The van der Waals surface area contributed by atoms with E-state index in [9.17, 15) is 9.18 Å². The summed E-state index contributed by atoms with van der Waals surface area (Å²) in [7, 11) is 0. The molecular formula is C15H12FNO3. The van der Waals surface area contributed by atoms with Crippen LogP contribution < -0.4 is 4.74 Å². The molecule has 0 fully saturated rings. The summed E-state index contributed by atoms with van der Waals surface area (Å²) < 4.78 is 23.8. The van der Waals surface area contributed by atoms with Crippen LogP contribution in [0.5, 0.6) is 5.75 Å². The molecule has 0 aliphatic carbocycles. The number of nitrogens with zero attached hydrogens (tertiary/aromatic N) is 1. The van der Waals surface area contributed by atoms with Crippen molar-refractivity contribution in [3.63, 3.8) is 0 Å². The zero-order valence-electron chi connectivity index (χ0n) is 11.1. The molecule has 0 amide bonds. The van der Waals surface area contributed by atoms with Gasteiger partial charge in [-0.2, -0.15) is 0 Å². The molecule has 1 aliphatic heterocycles. The van der Waals surface area contributed by atoms with Crippen LogP contribution in [-0.4, -0.2) is 17.5 Å². The lowest BCUT2D eigenvalue weighted by Crippen LogP contribution is -2.19. The number of aryl methyl sites for hydroxylation is 2. The number of aromatic nitrogens is 1. The lowest BCUT2D eigenvalue weighted by atomic mass is 9.98. The normalized spacial score (nSPS) is 16.1. The molecule has 1 aromatic carbocycles. The number of carbonyl (C=O) groups is 1. The van der Waals surface area contributed by atoms with Crippen LogP contribution in [0.4, 0.5) is 4.39 Å². The van der Waals surface area contributed by atoms with E-state index in [4.69, 9.17) is 9.26 Å². The van der Waals surface area contributed by atoms with Gasteiger partial charge in [0, 0.05) is 11.1 Å². The van der Waals surface area contributed by atoms with Gasteiger partial charge in [-0.3, -0.25) is 4.79 Å². The fourth-order valence-electron chi connectivity index (χ4n) is 2.18. The van der Waals surface area contributed by atoms with Gasteiger partial charge in [0.05, 0.1) is 11.3 Å². The van der Waals surface area contributed by atoms with Gasteiger partial charge in [-0.15, -0.1) is 0 Å². The zero-order valence-corrected chi connectivity index (χ0v) is 11.1. The molecule has 1 aliphatic rings. The first-order valence-electron chi connectivity index (χ1n) is 6.17. The topological polar surface area (TPSA) is 52.3 Å². The molecule has 0 bridgehead atoms. The van der Waals surface area contributed by atoms with Crippen LogP contribution in [0.15, 0.2) is 28.3 Å². The number of rotatable bonds is 1. The highest BCUT2D eigenvalue weighted by molar-refractivity contribution is 6.14. The molecule has 0 N–H and O–H groups in total. The Morgan fingerprint density at radius 3 is 2.85 bits per heavy atom. The van der Waals surface area contributed by atoms with Gasteiger partial charge >= 0.3 is 0 Å². The maximum absolute atomic E-state index is 13.2. The SMILES string of the molecule is Cc1noc(C)c1C=C1COc2ccc(F)cc2C1=O. The van der Waals surface area contributed by atoms with Gasteiger partial charge in [0.15, 0.2) is 5.78 Å². The monoisotopic (exact) mass is 273 g/mol. The highest BCUT2D eigenvalue weighted by Gasteiger charge is 2.24. The lowest BCUT2D eigenvalue weighted by Gasteiger charge is -2.18. The third-order valence-corrected chi connectivity index (χ3v) is 3.27. The Hall–Kier alpha value is -2.43. The number of Topliss-reactive ketones (excluding diaryl/α,β-unsaturated/α-hetero) is 1. The molecule has 3 rings (SSSR count). The van der Waals surface area contributed by atoms with Crippen molar-refractivity contribution in [1.82, 2.24) is 5.16 Å². The maximum Gasteiger partial charge on any atom is 0.196 e. The van der Waals surface area contributed by atoms with Crippen LogP contribution in [0.1, 0.15) is 27.4 Å². The van der Waals surface area contributed by atoms with E-state index in [0.29, 0.717) is 22.8 Å². The van der Waals surface area contributed by atoms with E-state index in [0.717, 1.165) is 5.56 Å². The molecule has 0 spiro atoms. The zero-order chi connectivity index (χ0) is 14.3. The van der Waals surface area contributed by atoms with Crippen molar-refractivity contribution in [2.45, 2.75) is 13.8 Å². The second-order valence-corrected chi connectivity index (χ2v) is 4.67. The molecule has 0 atom stereocenters. The molecule has 2 aromatic rings. The van der Waals surface area contributed by atoms with Gasteiger partial charge in [-0.25, -0.2) is 4.39 Å². The number of fused-ring (bicyclic) bond motifs is 1. The Kier molecular flexibility index (Phi) is 2.89. The predicted octanol–water partition coefficient (Wildman–Crippen LogP) is 3.09. The van der Waals surface area contributed by atoms with Gasteiger partial charge in [0.25, 0.3) is 0 Å². The molecule has 102 valence electrons. The Bertz CT molecular complexity index is 711. The summed E-state index contributed by atoms with van der Waals surface area (Å²) in [6, 6.07) is 3.93. The molecule has 20 heavy (non-hydrogen) atoms. The van der Waals surface area contributed by atoms with E-state index in [1.165, 1.54) is 18.2 Å². The third kappa shape index (κ3) is 2.01. The van der Waals surface area contributed by atoms with E-state index >= 15 is 0 Å². The Labute approximate surface area is 114 Å². The summed E-state index contributed by atoms with van der Waals surface area (Å²) in [4.78, 5) is 12.4. The van der Waals surface area contributed by atoms with Gasteiger partial charge in [0.1, 0.15) is 23.9 Å². The third-order valence-electron chi connectivity index (χ3n) is 3.27. The van der Waals surface area contributed by atoms with Gasteiger partial charge < -0.3 is 9.26 Å². The summed E-state index contributed by atoms with van der Waals surface area (Å²) >= 11 is 0. The van der Waals surface area contributed by atoms with E-state index < -0.39 is 5.82 Å². The second-order valence-electron chi connectivity index (χ2n) is 4.67. The average molecular weight is 273 g/mol. The maximum atomic E-state index is 13.2. The van der Waals surface area contributed by atoms with Crippen molar-refractivity contribution in [3.8, 4) is 5.75 Å². The summed E-state index contributed by atoms with van der Waals surface area (Å²) in [6.07, 6.45) is 1.69. The Morgan fingerprint density at radius 2 is 2.15 bits per heavy atom. The number of hydrogen-bond donors (Lipinski definition) is 0. The molecule has 0 radical (unpaired) electrons. The molecule has 4 nitrogen and oxygen atoms in total. The molecular weight excluding hydrogens is 261 g/mol. The quantitative estimate of drug-likeness (QED) is 0.749. The van der Waals surface area contributed by atoms with Crippen molar-refractivity contribution in [3.05, 3.63) is 52.2 Å². The van der Waals surface area contributed by atoms with Crippen LogP contribution >= 0.6 is 0 Å². The summed E-state index contributed by atoms with van der Waals surface area (Å²) in [5.41, 5.74) is 2.16. The highest BCUT2D eigenvalue weighted by Crippen LogP contribution is 2.29. The largest absolute Gasteiger partial charge is 0.488 e. The van der Waals surface area contributed by atoms with E-state index in [2.05, 4.69) is 5.16 Å². The minimum Gasteiger partial charge on any atom is -0.488 e. The molecule has 0 unspecified atom stereocenters. The fourth-order valence-corrected chi connectivity index (χ4v) is 2.18. The lowest BCUT2D eigenvalue weighted by molar-refractivity contribution is 0.100. The Morgan fingerprint density at radius 1 is 1.35 bits per heavy atom. The number of ether oxygens (including phenoxy) is 1. The smallest absolute Gasteiger partial charge is 0.196 e. The first-order valence-corrected chi connectivity index (χ1v) is 6.17. The molecule has 5 heteroatoms. The van der Waals surface area contributed by atoms with Crippen LogP contribution in [0.25, 0.3) is 6.08 Å². The molecule has 0 saturated carbocycles. The molecule has 1 aromatic heterocycles. The standard InChI is InChI=1S/C15H12FNO3/c1-8-12(9(2)20-17-8)5-10-7-19-14-4-3-11(16)6-13(14)15(10)18/h3-6H,7H2,1-2H3. The highest BCUT2D eigenvalue weighted by atomic mass is 19.1. The van der Waals surface area contributed by atoms with Crippen molar-refractivity contribution < 1.29 is 18.4 Å². The summed E-state index contributed by atoms with van der Waals surface area (Å²) in [5, 5.41) is 3.83. The van der Waals surface area contributed by atoms with Gasteiger partial charge in [-0.05, 0) is 38.1 Å². The van der Waals surface area contributed by atoms with Crippen molar-refractivity contribution in [2.24, 2.45) is 0 Å². The second kappa shape index (κ2) is 4.59. The Balaban J connectivity index is 2.04. The van der Waals surface area contributed by atoms with E-state index in [1.807, 2.05) is 0 Å². The van der Waals surface area contributed by atoms with Gasteiger partial charge in [0.2, 0.25) is 0 Å². The van der Waals surface area contributed by atoms with Crippen LogP contribution in [0, 0.1) is 19.7 Å². The van der Waals surface area contributed by atoms with E-state index in [-0.39, 0.29) is 18.0 Å². The number of benzene rings is 1. The number of hydrogen-bond acceptors (Lipinski definition) is 4. The first kappa shape index (κ1) is 12.6. The number of halogens is 1. The number of ketones is 1. The van der Waals surface area contributed by atoms with Crippen molar-refractivity contribution >= 4 is 11.9 Å². The van der Waals surface area contributed by atoms with Crippen LogP contribution in [0.2, 0.25) is 0 Å². The molecule has 2 heterocycles. The number of carbonyl (C=O) groups excluding carboxylic acids is 1. The van der Waals surface area contributed by atoms with Crippen LogP contribution in [0.3, 0.4) is 0 Å². The average Bonchev–Trinajstić information content (AvgIpc) is 2.74. The van der Waals surface area contributed by atoms with Gasteiger partial charge in [-0.1, -0.05) is 5.16 Å². The fraction of sp³-hybridized carbons (Fsp3) is 0.200. The summed E-state index contributed by atoms with van der Waals surface area (Å²) in [5.74, 6) is 0.352. The van der Waals surface area contributed by atoms with E-state index in [1.54, 1.807) is 19.9 Å². The minimum atomic E-state index is -0.459. The minimum absolute atomic E-state index is 0.154. The van der Waals surface area contributed by atoms with Crippen molar-refractivity contribution in [2.75, 3.05) is 6.61 Å². The summed E-state index contributed by atoms with van der Waals surface area (Å²) in [6.45, 7) is 3.72. The van der Waals surface area contributed by atoms with Crippen molar-refractivity contribution in [1.29, 1.82) is 0 Å².